The summed E-state index contributed by atoms with van der Waals surface area (Å²) in [7, 11) is 0. The highest BCUT2D eigenvalue weighted by Crippen LogP contribution is 2.52. The molecule has 0 spiro atoms. The zero-order valence-corrected chi connectivity index (χ0v) is 14.3. The highest BCUT2D eigenvalue weighted by atomic mass is 16.5. The first-order chi connectivity index (χ1) is 10.9. The number of ketones is 1. The molecule has 1 aromatic rings. The highest BCUT2D eigenvalue weighted by molar-refractivity contribution is 5.96. The molecule has 1 heterocycles. The van der Waals surface area contributed by atoms with E-state index < -0.39 is 5.92 Å². The molecule has 23 heavy (non-hydrogen) atoms. The lowest BCUT2D eigenvalue weighted by Crippen LogP contribution is -2.51. The average Bonchev–Trinajstić information content (AvgIpc) is 2.52. The summed E-state index contributed by atoms with van der Waals surface area (Å²) < 4.78 is 5.72. The van der Waals surface area contributed by atoms with E-state index in [4.69, 9.17) is 9.72 Å². The molecule has 1 saturated carbocycles. The van der Waals surface area contributed by atoms with Crippen molar-refractivity contribution in [2.24, 2.45) is 17.8 Å². The number of fused-ring (bicyclic) bond motifs is 3. The van der Waals surface area contributed by atoms with Gasteiger partial charge in [0.15, 0.2) is 0 Å². The minimum atomic E-state index is -0.525. The lowest BCUT2D eigenvalue weighted by molar-refractivity contribution is -0.137. The van der Waals surface area contributed by atoms with E-state index in [1.807, 2.05) is 20.8 Å². The van der Waals surface area contributed by atoms with E-state index in [9.17, 15) is 9.59 Å². The van der Waals surface area contributed by atoms with Crippen LogP contribution < -0.4 is 4.74 Å². The zero-order chi connectivity index (χ0) is 16.8. The van der Waals surface area contributed by atoms with Gasteiger partial charge < -0.3 is 9.53 Å². The highest BCUT2D eigenvalue weighted by Gasteiger charge is 2.53. The van der Waals surface area contributed by atoms with Crippen LogP contribution >= 0.6 is 0 Å². The van der Waals surface area contributed by atoms with Crippen LogP contribution in [0.4, 0.5) is 0 Å². The molecular formula is C18H24N2O3. The summed E-state index contributed by atoms with van der Waals surface area (Å²) in [5.74, 6) is 1.03. The maximum atomic E-state index is 12.4. The van der Waals surface area contributed by atoms with Crippen molar-refractivity contribution in [1.82, 2.24) is 9.97 Å². The van der Waals surface area contributed by atoms with Gasteiger partial charge in [0.2, 0.25) is 5.88 Å². The Hall–Kier alpha value is -1.78. The first-order valence-electron chi connectivity index (χ1n) is 8.42. The second-order valence-corrected chi connectivity index (χ2v) is 7.04. The van der Waals surface area contributed by atoms with Crippen LogP contribution in [-0.2, 0) is 21.4 Å². The van der Waals surface area contributed by atoms with Gasteiger partial charge in [-0.3, -0.25) is 4.79 Å². The maximum Gasteiger partial charge on any atom is 0.220 e. The van der Waals surface area contributed by atoms with E-state index in [0.29, 0.717) is 24.7 Å². The number of rotatable bonds is 3. The van der Waals surface area contributed by atoms with Crippen LogP contribution in [0.1, 0.15) is 50.7 Å². The maximum absolute atomic E-state index is 12.4. The molecule has 1 fully saturated rings. The van der Waals surface area contributed by atoms with Crippen LogP contribution in [0.3, 0.4) is 0 Å². The van der Waals surface area contributed by atoms with E-state index in [1.165, 1.54) is 0 Å². The van der Waals surface area contributed by atoms with Crippen LogP contribution in [0.25, 0.3) is 0 Å². The fraction of sp³-hybridized carbons (Fsp3) is 0.667. The van der Waals surface area contributed by atoms with Gasteiger partial charge in [-0.1, -0.05) is 13.8 Å². The van der Waals surface area contributed by atoms with E-state index in [1.54, 1.807) is 0 Å². The van der Waals surface area contributed by atoms with Gasteiger partial charge in [-0.15, -0.1) is 0 Å². The topological polar surface area (TPSA) is 69.2 Å². The predicted molar refractivity (Wildman–Crippen MR) is 85.4 cm³/mol. The molecule has 0 aromatic carbocycles. The second kappa shape index (κ2) is 5.69. The number of Topliss-reactive ketones (excluding diaryl/α,β-unsaturated/α-hetero) is 1. The standard InChI is InChI=1S/C18H24N2O3/c1-5-23-17-13-6-7-14-10(2)15(22)12(9-21)8-18(14,4)16(13)19-11(3)20-17/h9-10,12,14H,5-8H2,1-4H3/t10-,12?,14-,18-/m0/s1. The summed E-state index contributed by atoms with van der Waals surface area (Å²) >= 11 is 0. The fourth-order valence-corrected chi connectivity index (χ4v) is 4.58. The number of aldehydes is 1. The Balaban J connectivity index is 2.14. The molecule has 5 heteroatoms. The molecule has 4 atom stereocenters. The average molecular weight is 316 g/mol. The van der Waals surface area contributed by atoms with Gasteiger partial charge in [-0.25, -0.2) is 4.98 Å². The molecule has 1 unspecified atom stereocenters. The summed E-state index contributed by atoms with van der Waals surface area (Å²) in [6.45, 7) is 8.49. The van der Waals surface area contributed by atoms with Gasteiger partial charge in [0.25, 0.3) is 0 Å². The zero-order valence-electron chi connectivity index (χ0n) is 14.3. The van der Waals surface area contributed by atoms with E-state index in [-0.39, 0.29) is 23.0 Å². The molecule has 0 N–H and O–H groups in total. The number of aromatic nitrogens is 2. The summed E-state index contributed by atoms with van der Waals surface area (Å²) in [5, 5.41) is 0. The number of hydrogen-bond donors (Lipinski definition) is 0. The van der Waals surface area contributed by atoms with Gasteiger partial charge in [0.1, 0.15) is 17.9 Å². The Morgan fingerprint density at radius 3 is 2.78 bits per heavy atom. The molecule has 0 saturated heterocycles. The molecule has 124 valence electrons. The number of aryl methyl sites for hydroxylation is 1. The normalized spacial score (nSPS) is 32.9. The number of hydrogen-bond acceptors (Lipinski definition) is 5. The minimum Gasteiger partial charge on any atom is -0.478 e. The molecule has 5 nitrogen and oxygen atoms in total. The molecule has 1 aromatic heterocycles. The molecule has 3 rings (SSSR count). The van der Waals surface area contributed by atoms with Gasteiger partial charge in [-0.05, 0) is 39.0 Å². The Bertz CT molecular complexity index is 658. The largest absolute Gasteiger partial charge is 0.478 e. The van der Waals surface area contributed by atoms with Crippen LogP contribution in [0, 0.1) is 24.7 Å². The number of carbonyl (C=O) groups excluding carboxylic acids is 2. The first-order valence-corrected chi connectivity index (χ1v) is 8.42. The molecule has 0 amide bonds. The minimum absolute atomic E-state index is 0.0849. The van der Waals surface area contributed by atoms with Crippen LogP contribution in [0.5, 0.6) is 5.88 Å². The van der Waals surface area contributed by atoms with Crippen molar-refractivity contribution in [3.63, 3.8) is 0 Å². The summed E-state index contributed by atoms with van der Waals surface area (Å²) in [4.78, 5) is 33.0. The Morgan fingerprint density at radius 1 is 1.39 bits per heavy atom. The first kappa shape index (κ1) is 16.1. The molecular weight excluding hydrogens is 292 g/mol. The second-order valence-electron chi connectivity index (χ2n) is 7.04. The van der Waals surface area contributed by atoms with Crippen LogP contribution in [-0.4, -0.2) is 28.6 Å². The molecule has 2 aliphatic carbocycles. The summed E-state index contributed by atoms with van der Waals surface area (Å²) in [6, 6.07) is 0. The smallest absolute Gasteiger partial charge is 0.220 e. The van der Waals surface area contributed by atoms with Crippen molar-refractivity contribution in [3.8, 4) is 5.88 Å². The fourth-order valence-electron chi connectivity index (χ4n) is 4.58. The van der Waals surface area contributed by atoms with Gasteiger partial charge in [0, 0.05) is 16.9 Å². The summed E-state index contributed by atoms with van der Waals surface area (Å²) in [6.07, 6.45) is 3.09. The third-order valence-electron chi connectivity index (χ3n) is 5.65. The Morgan fingerprint density at radius 2 is 2.13 bits per heavy atom. The molecule has 0 radical (unpaired) electrons. The SMILES string of the molecule is CCOc1nc(C)nc2c1CC[C@H]1[C@H](C)C(=O)C(C=O)C[C@]21C. The van der Waals surface area contributed by atoms with E-state index in [0.717, 1.165) is 30.4 Å². The quantitative estimate of drug-likeness (QED) is 0.633. The van der Waals surface area contributed by atoms with Crippen LogP contribution in [0.15, 0.2) is 0 Å². The summed E-state index contributed by atoms with van der Waals surface area (Å²) in [5.41, 5.74) is 1.77. The third kappa shape index (κ3) is 2.37. The van der Waals surface area contributed by atoms with Gasteiger partial charge in [0.05, 0.1) is 18.2 Å². The van der Waals surface area contributed by atoms with Crippen molar-refractivity contribution in [3.05, 3.63) is 17.1 Å². The van der Waals surface area contributed by atoms with Gasteiger partial charge >= 0.3 is 0 Å². The van der Waals surface area contributed by atoms with E-state index >= 15 is 0 Å². The van der Waals surface area contributed by atoms with Gasteiger partial charge in [-0.2, -0.15) is 4.98 Å². The lowest BCUT2D eigenvalue weighted by atomic mass is 9.54. The molecule has 0 bridgehead atoms. The number of ether oxygens (including phenoxy) is 1. The van der Waals surface area contributed by atoms with Crippen molar-refractivity contribution < 1.29 is 14.3 Å². The van der Waals surface area contributed by atoms with E-state index in [2.05, 4.69) is 11.9 Å². The molecule has 0 aliphatic heterocycles. The molecule has 2 aliphatic rings. The Labute approximate surface area is 136 Å². The number of nitrogens with zero attached hydrogens (tertiary/aromatic N) is 2. The Kier molecular flexibility index (Phi) is 3.98. The lowest BCUT2D eigenvalue weighted by Gasteiger charge is -2.49. The monoisotopic (exact) mass is 316 g/mol. The third-order valence-corrected chi connectivity index (χ3v) is 5.65. The van der Waals surface area contributed by atoms with Crippen LogP contribution in [0.2, 0.25) is 0 Å². The van der Waals surface area contributed by atoms with Crippen molar-refractivity contribution in [2.75, 3.05) is 6.61 Å². The van der Waals surface area contributed by atoms with Crippen molar-refractivity contribution in [2.45, 2.75) is 52.4 Å². The number of carbonyl (C=O) groups is 2. The predicted octanol–water partition coefficient (Wildman–Crippen LogP) is 2.43. The van der Waals surface area contributed by atoms with Crippen molar-refractivity contribution in [1.29, 1.82) is 0 Å². The van der Waals surface area contributed by atoms with Crippen molar-refractivity contribution >= 4 is 12.1 Å².